The second-order valence-electron chi connectivity index (χ2n) is 12.0. The number of aliphatic hydroxyl groups is 3. The Bertz CT molecular complexity index is 1220. The van der Waals surface area contributed by atoms with Gasteiger partial charge in [0.15, 0.2) is 0 Å². The van der Waals surface area contributed by atoms with Crippen molar-refractivity contribution in [2.24, 2.45) is 0 Å². The molecule has 3 unspecified atom stereocenters. The van der Waals surface area contributed by atoms with E-state index in [0.29, 0.717) is 19.3 Å². The third kappa shape index (κ3) is 42.0. The Morgan fingerprint density at radius 2 is 0.593 bits per heavy atom. The molecule has 0 bridgehead atoms. The summed E-state index contributed by atoms with van der Waals surface area (Å²) in [7, 11) is 0. The molecule has 0 amide bonds. The van der Waals surface area contributed by atoms with Gasteiger partial charge in [-0.15, -0.1) is 0 Å². The van der Waals surface area contributed by atoms with E-state index in [1.807, 2.05) is 20.8 Å². The van der Waals surface area contributed by atoms with Gasteiger partial charge in [0.2, 0.25) is 0 Å². The topological polar surface area (TPSA) is 415 Å². The van der Waals surface area contributed by atoms with Crippen LogP contribution in [0.2, 0.25) is 0 Å². The average molecular weight is 1060 g/mol. The van der Waals surface area contributed by atoms with E-state index in [2.05, 4.69) is 14.2 Å². The van der Waals surface area contributed by atoms with Gasteiger partial charge in [0.05, 0.1) is 57.0 Å². The predicted octanol–water partition coefficient (Wildman–Crippen LogP) is -8.57. The first-order valence-corrected chi connectivity index (χ1v) is 20.1. The fraction of sp³-hybridized carbons (Fsp3) is 0.676. The number of ether oxygens (including phenoxy) is 3. The molecular weight excluding hydrogens is 1010 g/mol. The van der Waals surface area contributed by atoms with Crippen LogP contribution in [0.4, 0.5) is 0 Å². The summed E-state index contributed by atoms with van der Waals surface area (Å²) >= 11 is 2.00. The molecule has 0 aliphatic carbocycles. The first kappa shape index (κ1) is 64.2. The number of carboxylic acids is 6. The van der Waals surface area contributed by atoms with Crippen LogP contribution in [0.3, 0.4) is 0 Å². The molecule has 0 aromatic rings. The van der Waals surface area contributed by atoms with Crippen LogP contribution in [0, 0.1) is 0 Å². The van der Waals surface area contributed by atoms with E-state index >= 15 is 0 Å². The van der Waals surface area contributed by atoms with Gasteiger partial charge in [0.1, 0.15) is 16.8 Å². The molecule has 3 N–H and O–H groups in total. The van der Waals surface area contributed by atoms with Gasteiger partial charge in [-0.05, 0) is 19.3 Å². The van der Waals surface area contributed by atoms with Crippen LogP contribution in [0.15, 0.2) is 0 Å². The molecule has 0 saturated carbocycles. The molecule has 0 aromatic carbocycles. The Balaban J connectivity index is -0.000000225. The quantitative estimate of drug-likeness (QED) is 0.0350. The van der Waals surface area contributed by atoms with Crippen molar-refractivity contribution in [2.45, 2.75) is 128 Å². The van der Waals surface area contributed by atoms with Gasteiger partial charge in [-0.25, -0.2) is 0 Å². The molecule has 0 spiro atoms. The van der Waals surface area contributed by atoms with E-state index in [4.69, 9.17) is 0 Å². The second kappa shape index (κ2) is 35.9. The summed E-state index contributed by atoms with van der Waals surface area (Å²) in [6.45, 7) is 8.98. The number of esters is 3. The third-order valence-corrected chi connectivity index (χ3v) is 6.04. The van der Waals surface area contributed by atoms with Crippen molar-refractivity contribution >= 4 is 106 Å². The van der Waals surface area contributed by atoms with Crippen LogP contribution in [0.25, 0.3) is 0 Å². The number of rotatable bonds is 24. The van der Waals surface area contributed by atoms with E-state index in [1.54, 1.807) is 13.8 Å². The number of carbonyl (C=O) groups excluding carboxylic acids is 11. The molecule has 330 valence electrons. The van der Waals surface area contributed by atoms with E-state index in [9.17, 15) is 98.7 Å². The van der Waals surface area contributed by atoms with Gasteiger partial charge < -0.3 is 88.9 Å². The SMILES string of the molecule is CCCCOC(=O)CC(O)(CC(=O)[O-])C(=O)[O-].CCCCOC(=O)CC(O)(CC(=O)[O-])C(=O)[O-].CCCCOC(=O)CC(O)(CC(=O)[O-])C(=O)[O-].C[C](=O)[Sn+3].C[C](=O)[Sn+3]. The minimum absolute atomic E-state index is 0.0871. The van der Waals surface area contributed by atoms with Crippen molar-refractivity contribution in [3.05, 3.63) is 0 Å². The van der Waals surface area contributed by atoms with Crippen molar-refractivity contribution in [1.29, 1.82) is 0 Å². The van der Waals surface area contributed by atoms with Crippen LogP contribution >= 0.6 is 0 Å². The van der Waals surface area contributed by atoms with Crippen LogP contribution in [-0.4, -0.2) is 158 Å². The van der Waals surface area contributed by atoms with E-state index < -0.39 is 109 Å². The molecule has 0 rings (SSSR count). The molecule has 59 heavy (non-hydrogen) atoms. The second-order valence-corrected chi connectivity index (χ2v) is 16.0. The maximum absolute atomic E-state index is 11.1. The summed E-state index contributed by atoms with van der Waals surface area (Å²) in [5.74, 6) is -14.5. The Morgan fingerprint density at radius 3 is 0.712 bits per heavy atom. The molecule has 0 heterocycles. The minimum atomic E-state index is -2.79. The molecule has 0 aliphatic heterocycles. The molecule has 23 nitrogen and oxygen atoms in total. The van der Waals surface area contributed by atoms with E-state index in [-0.39, 0.29) is 27.4 Å². The number of hydrogen-bond acceptors (Lipinski definition) is 23. The standard InChI is InChI=1S/3C10H16O7.2C2H3O.2Sn/c3*1-2-3-4-17-8(13)6-10(16,9(14)15)5-7(11)12;2*1-2-3;;/h3*16H,2-6H2,1H3,(H,11,12)(H,14,15);2*1H3;;/q;;;;;2*+3/p-6. The van der Waals surface area contributed by atoms with Gasteiger partial charge in [0.25, 0.3) is 0 Å². The van der Waals surface area contributed by atoms with Gasteiger partial charge in [-0.2, -0.15) is 0 Å². The fourth-order valence-corrected chi connectivity index (χ4v) is 3.20. The zero-order valence-corrected chi connectivity index (χ0v) is 38.8. The molecule has 0 fully saturated rings. The van der Waals surface area contributed by atoms with E-state index in [0.717, 1.165) is 64.3 Å². The number of carbonyl (C=O) groups is 11. The van der Waals surface area contributed by atoms with Crippen molar-refractivity contribution in [3.8, 4) is 0 Å². The van der Waals surface area contributed by atoms with Gasteiger partial charge in [0, 0.05) is 37.2 Å². The van der Waals surface area contributed by atoms with Crippen molar-refractivity contribution in [1.82, 2.24) is 0 Å². The van der Waals surface area contributed by atoms with Crippen LogP contribution in [-0.2, 0) is 67.0 Å². The number of aliphatic carboxylic acids is 6. The molecule has 0 aromatic heterocycles. The Hall–Kier alpha value is -3.95. The normalized spacial score (nSPS) is 12.8. The molecule has 0 aliphatic rings. The van der Waals surface area contributed by atoms with Crippen molar-refractivity contribution < 1.29 is 113 Å². The Morgan fingerprint density at radius 1 is 0.424 bits per heavy atom. The number of hydrogen-bond donors (Lipinski definition) is 3. The first-order valence-electron chi connectivity index (χ1n) is 17.2. The molecular formula is C34H48O23Sn2. The van der Waals surface area contributed by atoms with E-state index in [1.165, 1.54) is 0 Å². The molecule has 3 atom stereocenters. The van der Waals surface area contributed by atoms with Gasteiger partial charge in [-0.1, -0.05) is 40.0 Å². The number of unbranched alkanes of at least 4 members (excludes halogenated alkanes) is 3. The number of carboxylic acid groups (broad SMARTS) is 6. The predicted molar refractivity (Wildman–Crippen MR) is 183 cm³/mol. The first-order chi connectivity index (χ1) is 26.9. The summed E-state index contributed by atoms with van der Waals surface area (Å²) in [4.78, 5) is 115. The monoisotopic (exact) mass is 1060 g/mol. The van der Waals surface area contributed by atoms with Gasteiger partial charge in [-0.3, -0.25) is 14.4 Å². The fourth-order valence-electron chi connectivity index (χ4n) is 3.20. The maximum atomic E-state index is 11.1. The summed E-state index contributed by atoms with van der Waals surface area (Å²) in [6, 6.07) is 0. The van der Waals surface area contributed by atoms with Gasteiger partial charge >= 0.3 is 94.0 Å². The summed E-state index contributed by atoms with van der Waals surface area (Å²) in [6.07, 6.45) is -2.51. The Labute approximate surface area is 365 Å². The molecule has 0 radical (unpaired) electrons. The van der Waals surface area contributed by atoms with Crippen LogP contribution < -0.4 is 30.6 Å². The van der Waals surface area contributed by atoms with Crippen molar-refractivity contribution in [3.63, 3.8) is 0 Å². The average Bonchev–Trinajstić information content (AvgIpc) is 3.03. The zero-order chi connectivity index (χ0) is 47.6. The molecule has 0 saturated heterocycles. The van der Waals surface area contributed by atoms with Crippen LogP contribution in [0.1, 0.15) is 112 Å². The van der Waals surface area contributed by atoms with Crippen LogP contribution in [0.5, 0.6) is 0 Å². The summed E-state index contributed by atoms with van der Waals surface area (Å²) < 4.78 is 14.3. The van der Waals surface area contributed by atoms with Crippen molar-refractivity contribution in [2.75, 3.05) is 19.8 Å². The third-order valence-electron chi connectivity index (χ3n) is 6.04. The Kier molecular flexibility index (Phi) is 39.1. The summed E-state index contributed by atoms with van der Waals surface area (Å²) in [5.41, 5.74) is -8.37. The summed E-state index contributed by atoms with van der Waals surface area (Å²) in [5, 5.41) is 90.6. The zero-order valence-electron chi connectivity index (χ0n) is 33.1. The molecule has 25 heteroatoms.